The molecule has 3 aromatic rings. The minimum Gasteiger partial charge on any atom is -0.353 e. The van der Waals surface area contributed by atoms with Crippen molar-refractivity contribution in [1.29, 1.82) is 0 Å². The van der Waals surface area contributed by atoms with E-state index in [1.165, 1.54) is 5.56 Å². The van der Waals surface area contributed by atoms with Gasteiger partial charge in [-0.25, -0.2) is 9.67 Å². The second kappa shape index (κ2) is 5.44. The summed E-state index contributed by atoms with van der Waals surface area (Å²) in [4.78, 5) is 9.16. The molecule has 0 saturated carbocycles. The van der Waals surface area contributed by atoms with Gasteiger partial charge >= 0.3 is 0 Å². The number of anilines is 1. The van der Waals surface area contributed by atoms with Gasteiger partial charge in [-0.2, -0.15) is 5.10 Å². The number of pyridine rings is 1. The average Bonchev–Trinajstić information content (AvgIpc) is 2.99. The van der Waals surface area contributed by atoms with Crippen LogP contribution >= 0.6 is 11.3 Å². The summed E-state index contributed by atoms with van der Waals surface area (Å²) in [5.41, 5.74) is 4.19. The third-order valence-corrected chi connectivity index (χ3v) is 4.63. The van der Waals surface area contributed by atoms with Crippen LogP contribution in [0.5, 0.6) is 0 Å². The number of nitrogens with one attached hydrogen (secondary N) is 1. The topological polar surface area (TPSA) is 55.6 Å². The molecule has 21 heavy (non-hydrogen) atoms. The zero-order chi connectivity index (χ0) is 15.0. The standard InChI is InChI=1S/C15H19N5S/c1-5-11(12-7-6-9(2)8-16-12)17-15-18-14-13(21-15)10(3)19-20(14)4/h6-8,11H,5H2,1-4H3,(H,17,18)/t11-/m0/s1. The van der Waals surface area contributed by atoms with Gasteiger partial charge in [-0.05, 0) is 31.9 Å². The van der Waals surface area contributed by atoms with Crippen LogP contribution in [0.3, 0.4) is 0 Å². The Balaban J connectivity index is 1.88. The van der Waals surface area contributed by atoms with E-state index in [0.29, 0.717) is 0 Å². The molecule has 0 amide bonds. The summed E-state index contributed by atoms with van der Waals surface area (Å²) in [7, 11) is 1.93. The Labute approximate surface area is 128 Å². The summed E-state index contributed by atoms with van der Waals surface area (Å²) in [6, 6.07) is 4.36. The third-order valence-electron chi connectivity index (χ3n) is 3.54. The Morgan fingerprint density at radius 2 is 2.14 bits per heavy atom. The van der Waals surface area contributed by atoms with Crippen molar-refractivity contribution in [1.82, 2.24) is 19.7 Å². The van der Waals surface area contributed by atoms with Crippen molar-refractivity contribution in [2.75, 3.05) is 5.32 Å². The van der Waals surface area contributed by atoms with E-state index in [9.17, 15) is 0 Å². The number of fused-ring (bicyclic) bond motifs is 1. The lowest BCUT2D eigenvalue weighted by Crippen LogP contribution is -2.11. The first-order valence-electron chi connectivity index (χ1n) is 7.07. The van der Waals surface area contributed by atoms with Crippen LogP contribution in [0.15, 0.2) is 18.3 Å². The van der Waals surface area contributed by atoms with Gasteiger partial charge in [0.05, 0.1) is 22.1 Å². The van der Waals surface area contributed by atoms with E-state index < -0.39 is 0 Å². The highest BCUT2D eigenvalue weighted by molar-refractivity contribution is 7.22. The van der Waals surface area contributed by atoms with E-state index in [0.717, 1.165) is 33.3 Å². The lowest BCUT2D eigenvalue weighted by Gasteiger charge is -2.15. The molecule has 0 saturated heterocycles. The molecule has 0 aliphatic rings. The molecule has 3 aromatic heterocycles. The Hall–Kier alpha value is -1.95. The normalized spacial score (nSPS) is 12.8. The number of aromatic nitrogens is 4. The number of hydrogen-bond acceptors (Lipinski definition) is 5. The quantitative estimate of drug-likeness (QED) is 0.800. The smallest absolute Gasteiger partial charge is 0.185 e. The monoisotopic (exact) mass is 301 g/mol. The molecular formula is C15H19N5S. The second-order valence-corrected chi connectivity index (χ2v) is 6.25. The van der Waals surface area contributed by atoms with Gasteiger partial charge in [0, 0.05) is 13.2 Å². The molecule has 110 valence electrons. The van der Waals surface area contributed by atoms with Gasteiger partial charge in [-0.3, -0.25) is 4.98 Å². The lowest BCUT2D eigenvalue weighted by molar-refractivity contribution is 0.720. The van der Waals surface area contributed by atoms with Crippen LogP contribution < -0.4 is 5.32 Å². The van der Waals surface area contributed by atoms with E-state index in [-0.39, 0.29) is 6.04 Å². The van der Waals surface area contributed by atoms with Crippen LogP contribution in [-0.4, -0.2) is 19.7 Å². The molecule has 1 N–H and O–H groups in total. The molecule has 0 aliphatic heterocycles. The fourth-order valence-electron chi connectivity index (χ4n) is 2.37. The number of hydrogen-bond donors (Lipinski definition) is 1. The van der Waals surface area contributed by atoms with E-state index in [2.05, 4.69) is 46.4 Å². The molecule has 3 rings (SSSR count). The molecule has 0 spiro atoms. The molecule has 5 nitrogen and oxygen atoms in total. The van der Waals surface area contributed by atoms with Crippen molar-refractivity contribution in [3.05, 3.63) is 35.3 Å². The zero-order valence-electron chi connectivity index (χ0n) is 12.7. The molecular weight excluding hydrogens is 282 g/mol. The van der Waals surface area contributed by atoms with E-state index in [1.807, 2.05) is 24.9 Å². The van der Waals surface area contributed by atoms with E-state index in [1.54, 1.807) is 11.3 Å². The van der Waals surface area contributed by atoms with Crippen LogP contribution in [0.25, 0.3) is 10.3 Å². The van der Waals surface area contributed by atoms with Crippen LogP contribution in [0.1, 0.15) is 36.3 Å². The molecule has 0 radical (unpaired) electrons. The Kier molecular flexibility index (Phi) is 3.63. The van der Waals surface area contributed by atoms with Crippen molar-refractivity contribution in [3.8, 4) is 0 Å². The van der Waals surface area contributed by atoms with Crippen LogP contribution in [-0.2, 0) is 7.05 Å². The highest BCUT2D eigenvalue weighted by atomic mass is 32.1. The first kappa shape index (κ1) is 14.0. The highest BCUT2D eigenvalue weighted by Gasteiger charge is 2.16. The van der Waals surface area contributed by atoms with Crippen molar-refractivity contribution < 1.29 is 0 Å². The van der Waals surface area contributed by atoms with Gasteiger partial charge in [-0.1, -0.05) is 24.3 Å². The number of aryl methyl sites for hydroxylation is 3. The maximum Gasteiger partial charge on any atom is 0.185 e. The van der Waals surface area contributed by atoms with Crippen molar-refractivity contribution >= 4 is 26.8 Å². The van der Waals surface area contributed by atoms with Crippen LogP contribution in [0.4, 0.5) is 5.13 Å². The first-order valence-corrected chi connectivity index (χ1v) is 7.89. The van der Waals surface area contributed by atoms with Crippen molar-refractivity contribution in [2.45, 2.75) is 33.2 Å². The maximum atomic E-state index is 4.64. The third kappa shape index (κ3) is 2.63. The second-order valence-electron chi connectivity index (χ2n) is 5.25. The molecule has 0 aliphatic carbocycles. The minimum absolute atomic E-state index is 0.180. The first-order chi connectivity index (χ1) is 10.1. The molecule has 0 unspecified atom stereocenters. The lowest BCUT2D eigenvalue weighted by atomic mass is 10.1. The Morgan fingerprint density at radius 3 is 2.76 bits per heavy atom. The largest absolute Gasteiger partial charge is 0.353 e. The van der Waals surface area contributed by atoms with Crippen molar-refractivity contribution in [2.24, 2.45) is 7.05 Å². The Bertz CT molecular complexity index is 722. The number of thiazole rings is 1. The average molecular weight is 301 g/mol. The van der Waals surface area contributed by atoms with Crippen LogP contribution in [0, 0.1) is 13.8 Å². The highest BCUT2D eigenvalue weighted by Crippen LogP contribution is 2.31. The molecule has 3 heterocycles. The molecule has 0 fully saturated rings. The Morgan fingerprint density at radius 1 is 1.33 bits per heavy atom. The summed E-state index contributed by atoms with van der Waals surface area (Å²) in [5, 5.41) is 8.81. The van der Waals surface area contributed by atoms with Gasteiger partial charge in [0.1, 0.15) is 0 Å². The van der Waals surface area contributed by atoms with Gasteiger partial charge < -0.3 is 5.32 Å². The fourth-order valence-corrected chi connectivity index (χ4v) is 3.35. The summed E-state index contributed by atoms with van der Waals surface area (Å²) < 4.78 is 2.98. The maximum absolute atomic E-state index is 4.64. The van der Waals surface area contributed by atoms with Gasteiger partial charge in [0.25, 0.3) is 0 Å². The molecule has 0 aromatic carbocycles. The van der Waals surface area contributed by atoms with Gasteiger partial charge in [-0.15, -0.1) is 0 Å². The SMILES string of the molecule is CC[C@H](Nc1nc2c(s1)c(C)nn2C)c1ccc(C)cn1. The number of nitrogens with zero attached hydrogens (tertiary/aromatic N) is 4. The van der Waals surface area contributed by atoms with Crippen LogP contribution in [0.2, 0.25) is 0 Å². The summed E-state index contributed by atoms with van der Waals surface area (Å²) in [5.74, 6) is 0. The summed E-state index contributed by atoms with van der Waals surface area (Å²) in [6.45, 7) is 6.22. The zero-order valence-corrected chi connectivity index (χ0v) is 13.5. The summed E-state index contributed by atoms with van der Waals surface area (Å²) in [6.07, 6.45) is 2.87. The van der Waals surface area contributed by atoms with E-state index in [4.69, 9.17) is 0 Å². The van der Waals surface area contributed by atoms with Gasteiger partial charge in [0.15, 0.2) is 10.8 Å². The molecule has 0 bridgehead atoms. The molecule has 6 heteroatoms. The summed E-state index contributed by atoms with van der Waals surface area (Å²) >= 11 is 1.65. The van der Waals surface area contributed by atoms with E-state index >= 15 is 0 Å². The molecule has 1 atom stereocenters. The minimum atomic E-state index is 0.180. The van der Waals surface area contributed by atoms with Crippen molar-refractivity contribution in [3.63, 3.8) is 0 Å². The fraction of sp³-hybridized carbons (Fsp3) is 0.400. The predicted octanol–water partition coefficient (Wildman–Crippen LogP) is 3.60. The predicted molar refractivity (Wildman–Crippen MR) is 86.8 cm³/mol. The van der Waals surface area contributed by atoms with Gasteiger partial charge in [0.2, 0.25) is 0 Å². The number of rotatable bonds is 4.